The highest BCUT2D eigenvalue weighted by molar-refractivity contribution is 9.10. The molecule has 2 aromatic rings. The van der Waals surface area contributed by atoms with Gasteiger partial charge in [0.1, 0.15) is 0 Å². The van der Waals surface area contributed by atoms with E-state index in [1.54, 1.807) is 19.1 Å². The third-order valence-corrected chi connectivity index (χ3v) is 5.76. The van der Waals surface area contributed by atoms with Crippen molar-refractivity contribution >= 4 is 50.8 Å². The predicted molar refractivity (Wildman–Crippen MR) is 128 cm³/mol. The second kappa shape index (κ2) is 10.0. The number of hydrogen-bond donors (Lipinski definition) is 4. The lowest BCUT2D eigenvalue weighted by Crippen LogP contribution is -2.45. The lowest BCUT2D eigenvalue weighted by molar-refractivity contribution is -0.139. The van der Waals surface area contributed by atoms with E-state index in [9.17, 15) is 9.59 Å². The van der Waals surface area contributed by atoms with Crippen molar-refractivity contribution < 1.29 is 24.2 Å². The van der Waals surface area contributed by atoms with E-state index in [0.717, 1.165) is 5.56 Å². The molecule has 3 rings (SSSR count). The van der Waals surface area contributed by atoms with Crippen molar-refractivity contribution in [2.45, 2.75) is 19.9 Å². The summed E-state index contributed by atoms with van der Waals surface area (Å²) in [7, 11) is 1.45. The van der Waals surface area contributed by atoms with Crippen molar-refractivity contribution in [3.63, 3.8) is 0 Å². The summed E-state index contributed by atoms with van der Waals surface area (Å²) < 4.78 is 11.3. The number of thiocarbonyl (C=S) groups is 1. The van der Waals surface area contributed by atoms with Crippen molar-refractivity contribution in [1.82, 2.24) is 10.6 Å². The number of para-hydroxylation sites is 1. The molecule has 1 atom stereocenters. The van der Waals surface area contributed by atoms with Crippen molar-refractivity contribution in [2.24, 2.45) is 0 Å². The van der Waals surface area contributed by atoms with Gasteiger partial charge in [0.25, 0.3) is 5.91 Å². The first-order valence-corrected chi connectivity index (χ1v) is 10.8. The SMILES string of the molecule is COc1cc(C2NC(=S)NC(C)=C2C(=O)Nc2ccccc2C)c(Br)cc1OCC(=O)O. The molecule has 2 aromatic carbocycles. The molecule has 0 aromatic heterocycles. The zero-order valence-corrected chi connectivity index (χ0v) is 20.0. The number of carboxylic acids is 1. The number of carbonyl (C=O) groups is 2. The van der Waals surface area contributed by atoms with Gasteiger partial charge in [-0.3, -0.25) is 4.79 Å². The van der Waals surface area contributed by atoms with Crippen LogP contribution in [0.25, 0.3) is 0 Å². The molecule has 10 heteroatoms. The molecule has 1 unspecified atom stereocenters. The normalized spacial score (nSPS) is 15.5. The minimum Gasteiger partial charge on any atom is -0.493 e. The summed E-state index contributed by atoms with van der Waals surface area (Å²) in [5, 5.41) is 18.4. The molecular formula is C22H22BrN3O5S. The fourth-order valence-electron chi connectivity index (χ4n) is 3.31. The van der Waals surface area contributed by atoms with Gasteiger partial charge in [-0.25, -0.2) is 4.79 Å². The van der Waals surface area contributed by atoms with E-state index >= 15 is 0 Å². The van der Waals surface area contributed by atoms with Gasteiger partial charge < -0.3 is 30.5 Å². The van der Waals surface area contributed by atoms with Crippen LogP contribution in [-0.2, 0) is 9.59 Å². The second-order valence-corrected chi connectivity index (χ2v) is 8.31. The molecule has 1 heterocycles. The summed E-state index contributed by atoms with van der Waals surface area (Å²) in [6.07, 6.45) is 0. The molecule has 4 N–H and O–H groups in total. The van der Waals surface area contributed by atoms with Crippen LogP contribution in [0.15, 0.2) is 52.1 Å². The minimum atomic E-state index is -1.11. The summed E-state index contributed by atoms with van der Waals surface area (Å²) in [5.41, 5.74) is 3.37. The molecule has 1 aliphatic heterocycles. The van der Waals surface area contributed by atoms with E-state index in [-0.39, 0.29) is 11.7 Å². The smallest absolute Gasteiger partial charge is 0.341 e. The van der Waals surface area contributed by atoms with Gasteiger partial charge in [-0.05, 0) is 55.4 Å². The minimum absolute atomic E-state index is 0.258. The third-order valence-electron chi connectivity index (χ3n) is 4.85. The molecule has 0 radical (unpaired) electrons. The maximum Gasteiger partial charge on any atom is 0.341 e. The number of anilines is 1. The van der Waals surface area contributed by atoms with E-state index in [0.29, 0.717) is 37.9 Å². The van der Waals surface area contributed by atoms with Crippen LogP contribution in [0.4, 0.5) is 5.69 Å². The van der Waals surface area contributed by atoms with Crippen LogP contribution < -0.4 is 25.4 Å². The Bertz CT molecular complexity index is 1120. The average Bonchev–Trinajstić information content (AvgIpc) is 2.73. The van der Waals surface area contributed by atoms with Crippen molar-refractivity contribution in [3.8, 4) is 11.5 Å². The molecule has 1 amide bonds. The van der Waals surface area contributed by atoms with Crippen molar-refractivity contribution in [3.05, 3.63) is 63.3 Å². The van der Waals surface area contributed by atoms with Gasteiger partial charge in [-0.2, -0.15) is 0 Å². The van der Waals surface area contributed by atoms with Crippen molar-refractivity contribution in [2.75, 3.05) is 19.0 Å². The second-order valence-electron chi connectivity index (χ2n) is 7.05. The van der Waals surface area contributed by atoms with Gasteiger partial charge in [-0.1, -0.05) is 34.1 Å². The van der Waals surface area contributed by atoms with E-state index in [4.69, 9.17) is 26.8 Å². The van der Waals surface area contributed by atoms with Gasteiger partial charge in [0.15, 0.2) is 23.2 Å². The molecular weight excluding hydrogens is 498 g/mol. The maximum atomic E-state index is 13.3. The fourth-order valence-corrected chi connectivity index (χ4v) is 4.14. The van der Waals surface area contributed by atoms with Crippen LogP contribution in [0, 0.1) is 6.92 Å². The van der Waals surface area contributed by atoms with Gasteiger partial charge >= 0.3 is 5.97 Å². The Balaban J connectivity index is 2.01. The summed E-state index contributed by atoms with van der Waals surface area (Å²) in [6.45, 7) is 3.18. The molecule has 8 nitrogen and oxygen atoms in total. The lowest BCUT2D eigenvalue weighted by atomic mass is 9.94. The number of hydrogen-bond acceptors (Lipinski definition) is 5. The standard InChI is InChI=1S/C22H22BrN3O5S/c1-11-6-4-5-7-15(11)25-21(29)19-12(2)24-22(32)26-20(19)13-8-16(30-3)17(9-14(13)23)31-10-18(27)28/h4-9,20H,10H2,1-3H3,(H,25,29)(H,27,28)(H2,24,26,32). The van der Waals surface area contributed by atoms with E-state index in [2.05, 4.69) is 31.9 Å². The van der Waals surface area contributed by atoms with Gasteiger partial charge in [0.05, 0.1) is 18.7 Å². The summed E-state index contributed by atoms with van der Waals surface area (Å²) in [5.74, 6) is -0.812. The first-order valence-electron chi connectivity index (χ1n) is 9.58. The summed E-state index contributed by atoms with van der Waals surface area (Å²) >= 11 is 8.83. The number of benzene rings is 2. The Labute approximate surface area is 199 Å². The predicted octanol–water partition coefficient (Wildman–Crippen LogP) is 3.66. The first-order chi connectivity index (χ1) is 15.2. The molecule has 168 valence electrons. The topological polar surface area (TPSA) is 109 Å². The maximum absolute atomic E-state index is 13.3. The van der Waals surface area contributed by atoms with Crippen LogP contribution in [0.1, 0.15) is 24.1 Å². The summed E-state index contributed by atoms with van der Waals surface area (Å²) in [6, 6.07) is 10.2. The number of amides is 1. The Morgan fingerprint density at radius 3 is 2.59 bits per heavy atom. The highest BCUT2D eigenvalue weighted by Crippen LogP contribution is 2.39. The van der Waals surface area contributed by atoms with Crippen LogP contribution in [0.5, 0.6) is 11.5 Å². The lowest BCUT2D eigenvalue weighted by Gasteiger charge is -2.31. The summed E-state index contributed by atoms with van der Waals surface area (Å²) in [4.78, 5) is 24.2. The zero-order valence-electron chi connectivity index (χ0n) is 17.6. The molecule has 0 spiro atoms. The number of carboxylic acid groups (broad SMARTS) is 1. The molecule has 0 saturated carbocycles. The highest BCUT2D eigenvalue weighted by Gasteiger charge is 2.32. The van der Waals surface area contributed by atoms with Crippen molar-refractivity contribution in [1.29, 1.82) is 0 Å². The van der Waals surface area contributed by atoms with Crippen LogP contribution in [0.3, 0.4) is 0 Å². The molecule has 0 fully saturated rings. The molecule has 1 aliphatic rings. The van der Waals surface area contributed by atoms with Gasteiger partial charge in [0, 0.05) is 15.9 Å². The molecule has 32 heavy (non-hydrogen) atoms. The zero-order chi connectivity index (χ0) is 23.4. The number of methoxy groups -OCH3 is 1. The molecule has 0 aliphatic carbocycles. The largest absolute Gasteiger partial charge is 0.493 e. The fraction of sp³-hybridized carbons (Fsp3) is 0.227. The number of aliphatic carboxylic acids is 1. The average molecular weight is 520 g/mol. The quantitative estimate of drug-likeness (QED) is 0.410. The Hall–Kier alpha value is -3.11. The number of allylic oxidation sites excluding steroid dienone is 1. The van der Waals surface area contributed by atoms with Crippen LogP contribution in [0.2, 0.25) is 0 Å². The van der Waals surface area contributed by atoms with Gasteiger partial charge in [-0.15, -0.1) is 0 Å². The van der Waals surface area contributed by atoms with E-state index in [1.807, 2.05) is 31.2 Å². The molecule has 0 bridgehead atoms. The molecule has 0 saturated heterocycles. The number of nitrogens with one attached hydrogen (secondary N) is 3. The number of rotatable bonds is 7. The highest BCUT2D eigenvalue weighted by atomic mass is 79.9. The Kier molecular flexibility index (Phi) is 7.37. The van der Waals surface area contributed by atoms with E-state index < -0.39 is 18.6 Å². The van der Waals surface area contributed by atoms with E-state index in [1.165, 1.54) is 7.11 Å². The number of halogens is 1. The van der Waals surface area contributed by atoms with Gasteiger partial charge in [0.2, 0.25) is 0 Å². The Morgan fingerprint density at radius 2 is 1.94 bits per heavy atom. The number of ether oxygens (including phenoxy) is 2. The third kappa shape index (κ3) is 5.20. The first kappa shape index (κ1) is 23.6. The number of carbonyl (C=O) groups excluding carboxylic acids is 1. The monoisotopic (exact) mass is 519 g/mol. The number of aryl methyl sites for hydroxylation is 1. The van der Waals surface area contributed by atoms with Crippen LogP contribution in [-0.4, -0.2) is 35.8 Å². The van der Waals surface area contributed by atoms with Crippen LogP contribution >= 0.6 is 28.1 Å². The Morgan fingerprint density at radius 1 is 1.22 bits per heavy atom.